The van der Waals surface area contributed by atoms with Crippen LogP contribution in [0.2, 0.25) is 0 Å². The molecule has 112 valence electrons. The van der Waals surface area contributed by atoms with Crippen LogP contribution in [-0.4, -0.2) is 12.6 Å². The zero-order chi connectivity index (χ0) is 14.5. The number of nitrogens with one attached hydrogen (secondary N) is 1. The van der Waals surface area contributed by atoms with E-state index in [0.29, 0.717) is 6.04 Å². The van der Waals surface area contributed by atoms with Gasteiger partial charge in [0.05, 0.1) is 0 Å². The molecule has 2 heteroatoms. The summed E-state index contributed by atoms with van der Waals surface area (Å²) in [6, 6.07) is 5.74. The molecule has 0 aliphatic heterocycles. The molecule has 0 heterocycles. The number of aryl methyl sites for hydroxylation is 1. The highest BCUT2D eigenvalue weighted by molar-refractivity contribution is 5.27. The first-order chi connectivity index (χ1) is 9.60. The van der Waals surface area contributed by atoms with Crippen LogP contribution in [0.3, 0.4) is 0 Å². The van der Waals surface area contributed by atoms with E-state index in [4.69, 9.17) is 0 Å². The van der Waals surface area contributed by atoms with E-state index in [1.54, 1.807) is 12.1 Å². The molecule has 0 spiro atoms. The third kappa shape index (κ3) is 4.05. The van der Waals surface area contributed by atoms with Gasteiger partial charge in [-0.05, 0) is 67.8 Å². The molecule has 2 rings (SSSR count). The van der Waals surface area contributed by atoms with Gasteiger partial charge in [0, 0.05) is 6.04 Å². The molecule has 0 amide bonds. The highest BCUT2D eigenvalue weighted by Gasteiger charge is 2.26. The minimum absolute atomic E-state index is 0.127. The zero-order valence-corrected chi connectivity index (χ0v) is 13.1. The zero-order valence-electron chi connectivity index (χ0n) is 13.1. The summed E-state index contributed by atoms with van der Waals surface area (Å²) < 4.78 is 13.2. The topological polar surface area (TPSA) is 12.0 Å². The molecular weight excluding hydrogens is 249 g/mol. The molecule has 0 saturated heterocycles. The van der Waals surface area contributed by atoms with Crippen molar-refractivity contribution >= 4 is 0 Å². The predicted molar refractivity (Wildman–Crippen MR) is 83.4 cm³/mol. The molecule has 0 radical (unpaired) electrons. The molecule has 1 aliphatic carbocycles. The van der Waals surface area contributed by atoms with Crippen molar-refractivity contribution in [2.24, 2.45) is 11.8 Å². The maximum atomic E-state index is 13.2. The van der Waals surface area contributed by atoms with Gasteiger partial charge in [0.1, 0.15) is 5.82 Å². The van der Waals surface area contributed by atoms with Crippen LogP contribution in [0.25, 0.3) is 0 Å². The second-order valence-corrected chi connectivity index (χ2v) is 6.47. The minimum atomic E-state index is -0.127. The largest absolute Gasteiger partial charge is 0.314 e. The molecule has 20 heavy (non-hydrogen) atoms. The van der Waals surface area contributed by atoms with E-state index in [1.807, 2.05) is 13.0 Å². The SMILES string of the molecule is CCNC(Cc1ccc(F)cc1C)C1CCCC(C)C1. The highest BCUT2D eigenvalue weighted by atomic mass is 19.1. The van der Waals surface area contributed by atoms with Crippen LogP contribution < -0.4 is 5.32 Å². The van der Waals surface area contributed by atoms with Gasteiger partial charge in [0.15, 0.2) is 0 Å². The Morgan fingerprint density at radius 2 is 2.15 bits per heavy atom. The first-order valence-corrected chi connectivity index (χ1v) is 8.08. The van der Waals surface area contributed by atoms with Gasteiger partial charge in [-0.15, -0.1) is 0 Å². The lowest BCUT2D eigenvalue weighted by atomic mass is 9.77. The molecule has 1 aliphatic rings. The Labute approximate surface area is 123 Å². The Bertz CT molecular complexity index is 429. The summed E-state index contributed by atoms with van der Waals surface area (Å²) >= 11 is 0. The summed E-state index contributed by atoms with van der Waals surface area (Å²) in [5.74, 6) is 1.49. The summed E-state index contributed by atoms with van der Waals surface area (Å²) in [4.78, 5) is 0. The molecule has 3 atom stereocenters. The monoisotopic (exact) mass is 277 g/mol. The van der Waals surface area contributed by atoms with Crippen molar-refractivity contribution in [3.05, 3.63) is 35.1 Å². The van der Waals surface area contributed by atoms with Gasteiger partial charge in [0.2, 0.25) is 0 Å². The van der Waals surface area contributed by atoms with Gasteiger partial charge in [0.25, 0.3) is 0 Å². The molecule has 3 unspecified atom stereocenters. The van der Waals surface area contributed by atoms with Crippen molar-refractivity contribution in [3.63, 3.8) is 0 Å². The maximum absolute atomic E-state index is 13.2. The molecule has 1 N–H and O–H groups in total. The van der Waals surface area contributed by atoms with E-state index < -0.39 is 0 Å². The molecule has 1 fully saturated rings. The van der Waals surface area contributed by atoms with Crippen molar-refractivity contribution in [2.45, 2.75) is 58.9 Å². The highest BCUT2D eigenvalue weighted by Crippen LogP contribution is 2.32. The van der Waals surface area contributed by atoms with E-state index >= 15 is 0 Å². The van der Waals surface area contributed by atoms with Crippen LogP contribution in [0.1, 0.15) is 50.7 Å². The Hall–Kier alpha value is -0.890. The van der Waals surface area contributed by atoms with E-state index in [0.717, 1.165) is 30.4 Å². The second-order valence-electron chi connectivity index (χ2n) is 6.47. The van der Waals surface area contributed by atoms with Gasteiger partial charge in [-0.25, -0.2) is 4.39 Å². The minimum Gasteiger partial charge on any atom is -0.314 e. The van der Waals surface area contributed by atoms with Crippen molar-refractivity contribution in [1.29, 1.82) is 0 Å². The van der Waals surface area contributed by atoms with Crippen molar-refractivity contribution in [3.8, 4) is 0 Å². The van der Waals surface area contributed by atoms with Crippen molar-refractivity contribution in [2.75, 3.05) is 6.54 Å². The molecule has 0 aromatic heterocycles. The Kier molecular flexibility index (Phi) is 5.59. The summed E-state index contributed by atoms with van der Waals surface area (Å²) in [6.45, 7) is 7.58. The van der Waals surface area contributed by atoms with Crippen LogP contribution in [-0.2, 0) is 6.42 Å². The third-order valence-corrected chi connectivity index (χ3v) is 4.76. The summed E-state index contributed by atoms with van der Waals surface area (Å²) in [5, 5.41) is 3.67. The fourth-order valence-corrected chi connectivity index (χ4v) is 3.64. The molecule has 1 aromatic carbocycles. The lowest BCUT2D eigenvalue weighted by molar-refractivity contribution is 0.222. The Morgan fingerprint density at radius 1 is 1.35 bits per heavy atom. The third-order valence-electron chi connectivity index (χ3n) is 4.76. The fourth-order valence-electron chi connectivity index (χ4n) is 3.64. The Morgan fingerprint density at radius 3 is 2.80 bits per heavy atom. The smallest absolute Gasteiger partial charge is 0.123 e. The maximum Gasteiger partial charge on any atom is 0.123 e. The van der Waals surface area contributed by atoms with Crippen LogP contribution in [0.15, 0.2) is 18.2 Å². The number of hydrogen-bond donors (Lipinski definition) is 1. The normalized spacial score (nSPS) is 24.6. The first-order valence-electron chi connectivity index (χ1n) is 8.08. The average molecular weight is 277 g/mol. The molecule has 1 nitrogen and oxygen atoms in total. The number of rotatable bonds is 5. The van der Waals surface area contributed by atoms with Gasteiger partial charge in [-0.2, -0.15) is 0 Å². The standard InChI is InChI=1S/C18H28FN/c1-4-20-18(16-7-5-6-13(2)10-16)12-15-8-9-17(19)11-14(15)3/h8-9,11,13,16,18,20H,4-7,10,12H2,1-3H3. The number of hydrogen-bond acceptors (Lipinski definition) is 1. The predicted octanol–water partition coefficient (Wildman–Crippen LogP) is 4.48. The lowest BCUT2D eigenvalue weighted by Gasteiger charge is -2.34. The number of likely N-dealkylation sites (N-methyl/N-ethyl adjacent to an activating group) is 1. The van der Waals surface area contributed by atoms with Crippen LogP contribution in [0, 0.1) is 24.6 Å². The van der Waals surface area contributed by atoms with E-state index in [1.165, 1.54) is 31.2 Å². The fraction of sp³-hybridized carbons (Fsp3) is 0.667. The summed E-state index contributed by atoms with van der Waals surface area (Å²) in [5.41, 5.74) is 2.37. The first kappa shape index (κ1) is 15.5. The lowest BCUT2D eigenvalue weighted by Crippen LogP contribution is -2.40. The van der Waals surface area contributed by atoms with Crippen molar-refractivity contribution < 1.29 is 4.39 Å². The van der Waals surface area contributed by atoms with Gasteiger partial charge in [-0.1, -0.05) is 32.8 Å². The Balaban J connectivity index is 2.08. The quantitative estimate of drug-likeness (QED) is 0.836. The molecule has 1 aromatic rings. The number of benzene rings is 1. The summed E-state index contributed by atoms with van der Waals surface area (Å²) in [6.07, 6.45) is 6.43. The number of halogens is 1. The van der Waals surface area contributed by atoms with Crippen LogP contribution in [0.5, 0.6) is 0 Å². The second kappa shape index (κ2) is 7.21. The van der Waals surface area contributed by atoms with E-state index in [9.17, 15) is 4.39 Å². The van der Waals surface area contributed by atoms with Gasteiger partial charge in [-0.3, -0.25) is 0 Å². The van der Waals surface area contributed by atoms with E-state index in [2.05, 4.69) is 19.2 Å². The van der Waals surface area contributed by atoms with Crippen LogP contribution in [0.4, 0.5) is 4.39 Å². The molecular formula is C18H28FN. The molecule has 1 saturated carbocycles. The summed E-state index contributed by atoms with van der Waals surface area (Å²) in [7, 11) is 0. The van der Waals surface area contributed by atoms with E-state index in [-0.39, 0.29) is 5.82 Å². The molecule has 0 bridgehead atoms. The van der Waals surface area contributed by atoms with Crippen molar-refractivity contribution in [1.82, 2.24) is 5.32 Å². The average Bonchev–Trinajstić information content (AvgIpc) is 2.41. The van der Waals surface area contributed by atoms with Crippen LogP contribution >= 0.6 is 0 Å². The van der Waals surface area contributed by atoms with Gasteiger partial charge < -0.3 is 5.32 Å². The van der Waals surface area contributed by atoms with Gasteiger partial charge >= 0.3 is 0 Å².